The van der Waals surface area contributed by atoms with Crippen molar-refractivity contribution in [3.8, 4) is 17.3 Å². The average Bonchev–Trinajstić information content (AvgIpc) is 3.53. The number of amides is 2. The minimum Gasteiger partial charge on any atom is -0.481 e. The van der Waals surface area contributed by atoms with Crippen molar-refractivity contribution in [2.45, 2.75) is 62.6 Å². The van der Waals surface area contributed by atoms with Gasteiger partial charge < -0.3 is 49.8 Å². The number of ether oxygens (including phenoxy) is 4. The van der Waals surface area contributed by atoms with E-state index in [9.17, 15) is 48.7 Å². The van der Waals surface area contributed by atoms with Crippen molar-refractivity contribution in [1.82, 2.24) is 25.3 Å². The Hall–Kier alpha value is -5.02. The molecule has 1 saturated heterocycles. The summed E-state index contributed by atoms with van der Waals surface area (Å²) in [6.07, 6.45) is -10.00. The number of methoxy groups -OCH3 is 1. The molecule has 1 aromatic carbocycles. The Balaban J connectivity index is 1.53. The number of halogens is 2. The number of alkyl halides is 2. The highest BCUT2D eigenvalue weighted by Crippen LogP contribution is 2.39. The van der Waals surface area contributed by atoms with Crippen molar-refractivity contribution < 1.29 is 67.6 Å². The Kier molecular flexibility index (Phi) is 11.4. The number of pyridine rings is 1. The van der Waals surface area contributed by atoms with Crippen LogP contribution in [-0.2, 0) is 25.7 Å². The molecule has 18 nitrogen and oxygen atoms in total. The van der Waals surface area contributed by atoms with E-state index >= 15 is 0 Å². The van der Waals surface area contributed by atoms with E-state index in [4.69, 9.17) is 18.9 Å². The number of aliphatic hydroxyl groups excluding tert-OH is 4. The number of carbonyl (C=O) groups is 3. The average molecular weight is 683 g/mol. The van der Waals surface area contributed by atoms with Crippen LogP contribution in [-0.4, -0.2) is 113 Å². The van der Waals surface area contributed by atoms with E-state index in [-0.39, 0.29) is 18.0 Å². The Morgan fingerprint density at radius 2 is 1.96 bits per heavy atom. The van der Waals surface area contributed by atoms with Gasteiger partial charge in [-0.25, -0.2) is 28.0 Å². The van der Waals surface area contributed by atoms with Crippen molar-refractivity contribution in [3.63, 3.8) is 0 Å². The molecule has 1 aliphatic heterocycles. The van der Waals surface area contributed by atoms with Gasteiger partial charge >= 0.3 is 17.8 Å². The van der Waals surface area contributed by atoms with Crippen molar-refractivity contribution in [2.75, 3.05) is 19.0 Å². The van der Waals surface area contributed by atoms with Crippen LogP contribution < -0.4 is 20.1 Å². The minimum absolute atomic E-state index is 0.0178. The van der Waals surface area contributed by atoms with Gasteiger partial charge in [0.25, 0.3) is 6.43 Å². The van der Waals surface area contributed by atoms with Gasteiger partial charge in [0.05, 0.1) is 61.6 Å². The zero-order valence-electron chi connectivity index (χ0n) is 25.3. The first kappa shape index (κ1) is 35.8. The number of aliphatic carboxylic acids is 1. The van der Waals surface area contributed by atoms with Crippen LogP contribution in [0.2, 0.25) is 0 Å². The molecular weight excluding hydrogens is 650 g/mol. The van der Waals surface area contributed by atoms with Gasteiger partial charge in [0, 0.05) is 13.0 Å². The molecule has 0 bridgehead atoms. The number of nitrogens with zero attached hydrogens (tertiary/aromatic N) is 4. The second-order valence-electron chi connectivity index (χ2n) is 10.4. The number of aliphatic hydroxyl groups is 4. The monoisotopic (exact) mass is 682 g/mol. The number of aromatic nitrogens is 4. The molecule has 1 aliphatic rings. The second kappa shape index (κ2) is 15.3. The van der Waals surface area contributed by atoms with Crippen LogP contribution in [0.3, 0.4) is 0 Å². The topological polar surface area (TPSA) is 257 Å². The van der Waals surface area contributed by atoms with Crippen LogP contribution in [0.25, 0.3) is 5.69 Å². The molecule has 2 amide bonds. The quantitative estimate of drug-likeness (QED) is 0.124. The number of carboxylic acids is 1. The Morgan fingerprint density at radius 1 is 1.21 bits per heavy atom. The van der Waals surface area contributed by atoms with Crippen molar-refractivity contribution in [2.24, 2.45) is 0 Å². The molecule has 1 fully saturated rings. The molecule has 3 aromatic rings. The Labute approximate surface area is 269 Å². The molecule has 2 aromatic heterocycles. The zero-order valence-corrected chi connectivity index (χ0v) is 25.3. The highest BCUT2D eigenvalue weighted by atomic mass is 19.3. The van der Waals surface area contributed by atoms with E-state index in [0.29, 0.717) is 11.6 Å². The number of anilines is 1. The highest BCUT2D eigenvalue weighted by molar-refractivity contribution is 5.84. The van der Waals surface area contributed by atoms with Crippen molar-refractivity contribution in [3.05, 3.63) is 54.0 Å². The lowest BCUT2D eigenvalue weighted by Crippen LogP contribution is -2.68. The van der Waals surface area contributed by atoms with Crippen LogP contribution in [0, 0.1) is 0 Å². The van der Waals surface area contributed by atoms with Crippen LogP contribution in [0.1, 0.15) is 31.0 Å². The zero-order chi connectivity index (χ0) is 35.2. The molecule has 0 aliphatic carbocycles. The van der Waals surface area contributed by atoms with Gasteiger partial charge in [0.15, 0.2) is 0 Å². The largest absolute Gasteiger partial charge is 0.481 e. The molecule has 0 unspecified atom stereocenters. The number of carbonyl (C=O) groups excluding carboxylic acids is 2. The van der Waals surface area contributed by atoms with E-state index in [2.05, 4.69) is 25.9 Å². The SMILES string of the molecule is COc1ccc(NC(=O)OCc2cn(-c3ccc(O[C@]4(C(=O)O)C[C@H](O)[C@@H](NC(C)=O)[C@H]([C@H](O)[C@H](O)CO)O4)c(C(F)F)c3)nn2)cn1. The van der Waals surface area contributed by atoms with Crippen LogP contribution >= 0.6 is 0 Å². The standard InChI is InChI=1S/C28H32F2N6O12/c1-13(38)32-22-18(39)8-28(26(42)43,48-24(22)23(41)19(40)11-37)47-20-5-4-16(7-17(20)25(29)30)36-10-15(34-35-36)12-46-27(44)33-14-3-6-21(45-2)31-9-14/h3-7,9-10,18-19,22-25,37,39-41H,8,11-12H2,1-2H3,(H,32,38)(H,33,44)(H,42,43)/t18-,19+,22+,23+,24+,28+/m0/s1. The maximum absolute atomic E-state index is 14.3. The predicted octanol–water partition coefficient (Wildman–Crippen LogP) is -0.114. The van der Waals surface area contributed by atoms with E-state index in [1.807, 2.05) is 0 Å². The summed E-state index contributed by atoms with van der Waals surface area (Å²) >= 11 is 0. The number of carboxylic acid groups (broad SMARTS) is 1. The van der Waals surface area contributed by atoms with Gasteiger partial charge in [0.1, 0.15) is 36.4 Å². The Morgan fingerprint density at radius 3 is 2.56 bits per heavy atom. The molecule has 6 atom stereocenters. The third kappa shape index (κ3) is 8.27. The third-order valence-electron chi connectivity index (χ3n) is 7.04. The molecule has 0 radical (unpaired) electrons. The first-order valence-electron chi connectivity index (χ1n) is 14.1. The summed E-state index contributed by atoms with van der Waals surface area (Å²) in [4.78, 5) is 40.3. The highest BCUT2D eigenvalue weighted by Gasteiger charge is 2.57. The summed E-state index contributed by atoms with van der Waals surface area (Å²) in [5.41, 5.74) is -0.353. The van der Waals surface area contributed by atoms with Crippen LogP contribution in [0.5, 0.6) is 11.6 Å². The lowest BCUT2D eigenvalue weighted by Gasteiger charge is -2.46. The first-order valence-corrected chi connectivity index (χ1v) is 14.1. The van der Waals surface area contributed by atoms with Gasteiger partial charge in [0.2, 0.25) is 11.8 Å². The fraction of sp³-hybridized carbons (Fsp3) is 0.429. The van der Waals surface area contributed by atoms with E-state index in [1.54, 1.807) is 0 Å². The van der Waals surface area contributed by atoms with Crippen LogP contribution in [0.15, 0.2) is 42.7 Å². The molecule has 0 spiro atoms. The predicted molar refractivity (Wildman–Crippen MR) is 154 cm³/mol. The van der Waals surface area contributed by atoms with Crippen molar-refractivity contribution >= 4 is 23.7 Å². The molecular formula is C28H32F2N6O12. The van der Waals surface area contributed by atoms with Crippen molar-refractivity contribution in [1.29, 1.82) is 0 Å². The maximum atomic E-state index is 14.3. The van der Waals surface area contributed by atoms with E-state index in [1.165, 1.54) is 37.7 Å². The molecule has 20 heteroatoms. The van der Waals surface area contributed by atoms with Gasteiger partial charge in [-0.3, -0.25) is 10.1 Å². The number of nitrogens with one attached hydrogen (secondary N) is 2. The minimum atomic E-state index is -3.24. The lowest BCUT2D eigenvalue weighted by atomic mass is 9.88. The maximum Gasteiger partial charge on any atom is 0.412 e. The second-order valence-corrected chi connectivity index (χ2v) is 10.4. The number of hydrogen-bond donors (Lipinski definition) is 7. The summed E-state index contributed by atoms with van der Waals surface area (Å²) in [7, 11) is 1.43. The normalized spacial score (nSPS) is 22.0. The molecule has 0 saturated carbocycles. The smallest absolute Gasteiger partial charge is 0.412 e. The first-order chi connectivity index (χ1) is 22.8. The van der Waals surface area contributed by atoms with Gasteiger partial charge in [-0.05, 0) is 24.3 Å². The fourth-order valence-electron chi connectivity index (χ4n) is 4.71. The van der Waals surface area contributed by atoms with E-state index < -0.39 is 85.0 Å². The fourth-order valence-corrected chi connectivity index (χ4v) is 4.71. The molecule has 48 heavy (non-hydrogen) atoms. The lowest BCUT2D eigenvalue weighted by molar-refractivity contribution is -0.284. The molecule has 260 valence electrons. The molecule has 4 rings (SSSR count). The summed E-state index contributed by atoms with van der Waals surface area (Å²) in [6.45, 7) is -0.294. The molecule has 7 N–H and O–H groups in total. The van der Waals surface area contributed by atoms with Gasteiger partial charge in [-0.2, -0.15) is 0 Å². The van der Waals surface area contributed by atoms with E-state index in [0.717, 1.165) is 23.7 Å². The van der Waals surface area contributed by atoms with Gasteiger partial charge in [-0.15, -0.1) is 5.10 Å². The number of rotatable bonds is 13. The molecule has 3 heterocycles. The summed E-state index contributed by atoms with van der Waals surface area (Å²) in [5.74, 6) is -5.86. The number of benzene rings is 1. The van der Waals surface area contributed by atoms with Gasteiger partial charge in [-0.1, -0.05) is 5.21 Å². The summed E-state index contributed by atoms with van der Waals surface area (Å²) in [6, 6.07) is 4.69. The third-order valence-corrected chi connectivity index (χ3v) is 7.04. The Bertz CT molecular complexity index is 1600. The summed E-state index contributed by atoms with van der Waals surface area (Å²) in [5, 5.41) is 63.2. The van der Waals surface area contributed by atoms with Crippen LogP contribution in [0.4, 0.5) is 19.3 Å². The number of hydrogen-bond acceptors (Lipinski definition) is 14. The summed E-state index contributed by atoms with van der Waals surface area (Å²) < 4.78 is 50.7.